The molecule has 0 fully saturated rings. The van der Waals surface area contributed by atoms with Crippen molar-refractivity contribution in [1.29, 1.82) is 0 Å². The van der Waals surface area contributed by atoms with Crippen LogP contribution in [0, 0.1) is 20.8 Å². The Kier molecular flexibility index (Phi) is 3.16. The number of benzene rings is 2. The van der Waals surface area contributed by atoms with Gasteiger partial charge in [-0.3, -0.25) is 0 Å². The maximum Gasteiger partial charge on any atom is 0.0587 e. The summed E-state index contributed by atoms with van der Waals surface area (Å²) >= 11 is 0. The Morgan fingerprint density at radius 3 is 2.11 bits per heavy atom. The maximum absolute atomic E-state index is 3.71. The lowest BCUT2D eigenvalue weighted by Crippen LogP contribution is -2.32. The highest BCUT2D eigenvalue weighted by molar-refractivity contribution is 5.48. The van der Waals surface area contributed by atoms with Crippen LogP contribution in [0.25, 0.3) is 0 Å². The van der Waals surface area contributed by atoms with E-state index in [0.29, 0.717) is 6.04 Å². The lowest BCUT2D eigenvalue weighted by atomic mass is 9.83. The van der Waals surface area contributed by atoms with E-state index in [0.717, 1.165) is 13.0 Å². The van der Waals surface area contributed by atoms with E-state index in [-0.39, 0.29) is 0 Å². The zero-order valence-electron chi connectivity index (χ0n) is 12.0. The van der Waals surface area contributed by atoms with Crippen LogP contribution in [0.2, 0.25) is 0 Å². The first kappa shape index (κ1) is 12.4. The number of hydrogen-bond acceptors (Lipinski definition) is 1. The van der Waals surface area contributed by atoms with Gasteiger partial charge in [-0.25, -0.2) is 0 Å². The van der Waals surface area contributed by atoms with Crippen molar-refractivity contribution in [2.45, 2.75) is 33.2 Å². The molecule has 1 N–H and O–H groups in total. The summed E-state index contributed by atoms with van der Waals surface area (Å²) in [5, 5.41) is 3.71. The lowest BCUT2D eigenvalue weighted by Gasteiger charge is -2.31. The Morgan fingerprint density at radius 1 is 0.842 bits per heavy atom. The fourth-order valence-electron chi connectivity index (χ4n) is 3.35. The van der Waals surface area contributed by atoms with Crippen LogP contribution in [0.5, 0.6) is 0 Å². The fourth-order valence-corrected chi connectivity index (χ4v) is 3.35. The Morgan fingerprint density at radius 2 is 1.42 bits per heavy atom. The van der Waals surface area contributed by atoms with Gasteiger partial charge in [0.1, 0.15) is 0 Å². The molecule has 0 spiro atoms. The molecule has 2 aromatic carbocycles. The topological polar surface area (TPSA) is 12.0 Å². The van der Waals surface area contributed by atoms with Crippen molar-refractivity contribution in [2.75, 3.05) is 6.54 Å². The summed E-state index contributed by atoms with van der Waals surface area (Å²) in [5.41, 5.74) is 8.62. The van der Waals surface area contributed by atoms with E-state index in [1.54, 1.807) is 0 Å². The third-order valence-electron chi connectivity index (χ3n) is 4.28. The average Bonchev–Trinajstić information content (AvgIpc) is 2.39. The molecule has 0 unspecified atom stereocenters. The predicted octanol–water partition coefficient (Wildman–Crippen LogP) is 3.85. The second-order valence-electron chi connectivity index (χ2n) is 5.59. The van der Waals surface area contributed by atoms with Crippen LogP contribution in [0.4, 0.5) is 0 Å². The predicted molar refractivity (Wildman–Crippen MR) is 80.6 cm³/mol. The minimum atomic E-state index is 0.353. The zero-order chi connectivity index (χ0) is 13.4. The molecule has 1 heteroatoms. The summed E-state index contributed by atoms with van der Waals surface area (Å²) in [6.45, 7) is 7.73. The van der Waals surface area contributed by atoms with E-state index in [9.17, 15) is 0 Å². The second kappa shape index (κ2) is 4.82. The van der Waals surface area contributed by atoms with Crippen molar-refractivity contribution in [1.82, 2.24) is 5.32 Å². The highest BCUT2D eigenvalue weighted by Crippen LogP contribution is 2.34. The minimum absolute atomic E-state index is 0.353. The van der Waals surface area contributed by atoms with Crippen LogP contribution >= 0.6 is 0 Å². The van der Waals surface area contributed by atoms with Gasteiger partial charge >= 0.3 is 0 Å². The van der Waals surface area contributed by atoms with Crippen molar-refractivity contribution in [3.63, 3.8) is 0 Å². The van der Waals surface area contributed by atoms with Gasteiger partial charge in [0.05, 0.1) is 6.04 Å². The molecule has 3 rings (SSSR count). The van der Waals surface area contributed by atoms with Crippen molar-refractivity contribution >= 4 is 0 Å². The molecule has 0 bridgehead atoms. The number of aryl methyl sites for hydroxylation is 3. The monoisotopic (exact) mass is 251 g/mol. The van der Waals surface area contributed by atoms with Crippen LogP contribution in [-0.2, 0) is 6.42 Å². The van der Waals surface area contributed by atoms with Crippen LogP contribution in [0.15, 0.2) is 36.4 Å². The summed E-state index contributed by atoms with van der Waals surface area (Å²) < 4.78 is 0. The number of nitrogens with one attached hydrogen (secondary N) is 1. The van der Waals surface area contributed by atoms with E-state index >= 15 is 0 Å². The normalized spacial score (nSPS) is 18.2. The Hall–Kier alpha value is -1.60. The Bertz CT molecular complexity index is 593. The molecule has 0 saturated heterocycles. The number of rotatable bonds is 1. The first-order valence-corrected chi connectivity index (χ1v) is 7.06. The molecule has 0 saturated carbocycles. The molecule has 0 aliphatic carbocycles. The Labute approximate surface area is 115 Å². The van der Waals surface area contributed by atoms with Gasteiger partial charge < -0.3 is 5.32 Å². The van der Waals surface area contributed by atoms with Crippen LogP contribution in [-0.4, -0.2) is 6.54 Å². The van der Waals surface area contributed by atoms with Gasteiger partial charge in [0.15, 0.2) is 0 Å². The van der Waals surface area contributed by atoms with E-state index in [4.69, 9.17) is 0 Å². The van der Waals surface area contributed by atoms with E-state index in [1.165, 1.54) is 33.4 Å². The molecule has 98 valence electrons. The summed E-state index contributed by atoms with van der Waals surface area (Å²) in [7, 11) is 0. The van der Waals surface area contributed by atoms with Crippen molar-refractivity contribution in [3.05, 3.63) is 69.8 Å². The largest absolute Gasteiger partial charge is 0.306 e. The first-order chi connectivity index (χ1) is 9.18. The smallest absolute Gasteiger partial charge is 0.0587 e. The van der Waals surface area contributed by atoms with Gasteiger partial charge in [0.25, 0.3) is 0 Å². The summed E-state index contributed by atoms with van der Waals surface area (Å²) in [6, 6.07) is 13.6. The van der Waals surface area contributed by atoms with Crippen molar-refractivity contribution in [3.8, 4) is 0 Å². The first-order valence-electron chi connectivity index (χ1n) is 7.06. The minimum Gasteiger partial charge on any atom is -0.306 e. The van der Waals surface area contributed by atoms with E-state index in [2.05, 4.69) is 62.5 Å². The summed E-state index contributed by atoms with van der Waals surface area (Å²) in [4.78, 5) is 0. The van der Waals surface area contributed by atoms with E-state index in [1.807, 2.05) is 0 Å². The SMILES string of the molecule is Cc1cccc(C)c1[C@H]1NCCc2cccc(C)c21. The van der Waals surface area contributed by atoms with Crippen molar-refractivity contribution in [2.24, 2.45) is 0 Å². The van der Waals surface area contributed by atoms with Crippen molar-refractivity contribution < 1.29 is 0 Å². The highest BCUT2D eigenvalue weighted by atomic mass is 14.9. The van der Waals surface area contributed by atoms with E-state index < -0.39 is 0 Å². The second-order valence-corrected chi connectivity index (χ2v) is 5.59. The molecule has 1 nitrogen and oxygen atoms in total. The number of hydrogen-bond donors (Lipinski definition) is 1. The number of fused-ring (bicyclic) bond motifs is 1. The molecule has 0 amide bonds. The molecule has 1 aliphatic rings. The zero-order valence-corrected chi connectivity index (χ0v) is 12.0. The molecule has 19 heavy (non-hydrogen) atoms. The molecule has 2 aromatic rings. The van der Waals surface area contributed by atoms with Crippen LogP contribution < -0.4 is 5.32 Å². The van der Waals surface area contributed by atoms with Gasteiger partial charge in [-0.15, -0.1) is 0 Å². The van der Waals surface area contributed by atoms with Gasteiger partial charge in [-0.1, -0.05) is 36.4 Å². The summed E-state index contributed by atoms with van der Waals surface area (Å²) in [6.07, 6.45) is 1.14. The molecule has 1 heterocycles. The van der Waals surface area contributed by atoms with Gasteiger partial charge in [0.2, 0.25) is 0 Å². The van der Waals surface area contributed by atoms with Crippen LogP contribution in [0.1, 0.15) is 39.4 Å². The molecular formula is C18H21N. The third kappa shape index (κ3) is 2.08. The average molecular weight is 251 g/mol. The fraction of sp³-hybridized carbons (Fsp3) is 0.333. The molecular weight excluding hydrogens is 230 g/mol. The quantitative estimate of drug-likeness (QED) is 0.812. The standard InChI is InChI=1S/C18H21N/c1-12-6-4-7-13(2)16(12)18-17-14(3)8-5-9-15(17)10-11-19-18/h4-9,18-19H,10-11H2,1-3H3/t18-/m1/s1. The molecule has 1 aliphatic heterocycles. The summed E-state index contributed by atoms with van der Waals surface area (Å²) in [5.74, 6) is 0. The van der Waals surface area contributed by atoms with Gasteiger partial charge in [0, 0.05) is 6.54 Å². The van der Waals surface area contributed by atoms with Gasteiger partial charge in [-0.05, 0) is 60.6 Å². The third-order valence-corrected chi connectivity index (χ3v) is 4.28. The maximum atomic E-state index is 3.71. The van der Waals surface area contributed by atoms with Gasteiger partial charge in [-0.2, -0.15) is 0 Å². The van der Waals surface area contributed by atoms with Crippen LogP contribution in [0.3, 0.4) is 0 Å². The highest BCUT2D eigenvalue weighted by Gasteiger charge is 2.24. The molecule has 1 atom stereocenters. The Balaban J connectivity index is 2.19. The molecule has 0 radical (unpaired) electrons. The lowest BCUT2D eigenvalue weighted by molar-refractivity contribution is 0.561. The molecule has 0 aromatic heterocycles.